The van der Waals surface area contributed by atoms with Crippen LogP contribution in [-0.4, -0.2) is 53.5 Å². The number of hydrogen-bond acceptors (Lipinski definition) is 4. The lowest BCUT2D eigenvalue weighted by Crippen LogP contribution is -2.45. The second-order valence-corrected chi connectivity index (χ2v) is 5.14. The van der Waals surface area contributed by atoms with Crippen molar-refractivity contribution in [1.82, 2.24) is 10.2 Å². The Hall–Kier alpha value is -2.71. The lowest BCUT2D eigenvalue weighted by Gasteiger charge is -2.21. The molecule has 0 spiro atoms. The molecule has 1 aliphatic rings. The van der Waals surface area contributed by atoms with Crippen molar-refractivity contribution in [2.45, 2.75) is 25.5 Å². The average molecular weight is 342 g/mol. The Morgan fingerprint density at radius 3 is 2.71 bits per heavy atom. The van der Waals surface area contributed by atoms with E-state index in [0.29, 0.717) is 19.4 Å². The van der Waals surface area contributed by atoms with Gasteiger partial charge in [-0.2, -0.15) is 8.78 Å². The van der Waals surface area contributed by atoms with E-state index in [1.807, 2.05) is 0 Å². The van der Waals surface area contributed by atoms with Crippen molar-refractivity contribution in [3.8, 4) is 5.75 Å². The molecule has 1 aromatic rings. The molecule has 0 aromatic heterocycles. The number of rotatable bonds is 6. The number of amides is 2. The van der Waals surface area contributed by atoms with Gasteiger partial charge in [-0.3, -0.25) is 9.59 Å². The molecular formula is C15H16F2N2O5. The zero-order chi connectivity index (χ0) is 17.7. The number of para-hydroxylation sites is 1. The van der Waals surface area contributed by atoms with E-state index in [-0.39, 0.29) is 11.3 Å². The number of benzene rings is 1. The van der Waals surface area contributed by atoms with Crippen molar-refractivity contribution in [1.29, 1.82) is 0 Å². The molecule has 130 valence electrons. The van der Waals surface area contributed by atoms with Gasteiger partial charge in [0.1, 0.15) is 11.8 Å². The molecular weight excluding hydrogens is 326 g/mol. The lowest BCUT2D eigenvalue weighted by atomic mass is 10.2. The number of carboxylic acid groups (broad SMARTS) is 1. The van der Waals surface area contributed by atoms with E-state index in [2.05, 4.69) is 10.1 Å². The molecule has 1 atom stereocenters. The maximum atomic E-state index is 12.3. The number of ether oxygens (including phenoxy) is 1. The molecule has 1 fully saturated rings. The fraction of sp³-hybridized carbons (Fsp3) is 0.400. The van der Waals surface area contributed by atoms with Crippen LogP contribution in [0.15, 0.2) is 24.3 Å². The highest BCUT2D eigenvalue weighted by Crippen LogP contribution is 2.20. The zero-order valence-corrected chi connectivity index (χ0v) is 12.6. The Morgan fingerprint density at radius 2 is 2.04 bits per heavy atom. The van der Waals surface area contributed by atoms with Gasteiger partial charge in [0, 0.05) is 6.54 Å². The van der Waals surface area contributed by atoms with Gasteiger partial charge in [0.05, 0.1) is 12.1 Å². The van der Waals surface area contributed by atoms with Crippen LogP contribution in [0, 0.1) is 0 Å². The lowest BCUT2D eigenvalue weighted by molar-refractivity contribution is -0.147. The highest BCUT2D eigenvalue weighted by molar-refractivity contribution is 5.99. The number of nitrogens with zero attached hydrogens (tertiary/aromatic N) is 1. The number of carboxylic acids is 1. The maximum Gasteiger partial charge on any atom is 0.387 e. The van der Waals surface area contributed by atoms with Gasteiger partial charge in [-0.25, -0.2) is 4.79 Å². The largest absolute Gasteiger partial charge is 0.480 e. The van der Waals surface area contributed by atoms with Crippen molar-refractivity contribution in [2.75, 3.05) is 13.1 Å². The molecule has 0 saturated carbocycles. The summed E-state index contributed by atoms with van der Waals surface area (Å²) in [6.07, 6.45) is 0.932. The van der Waals surface area contributed by atoms with Crippen LogP contribution in [-0.2, 0) is 9.59 Å². The second kappa shape index (κ2) is 7.71. The smallest absolute Gasteiger partial charge is 0.387 e. The predicted molar refractivity (Wildman–Crippen MR) is 77.8 cm³/mol. The molecule has 1 aromatic carbocycles. The summed E-state index contributed by atoms with van der Waals surface area (Å²) in [4.78, 5) is 36.4. The second-order valence-electron chi connectivity index (χ2n) is 5.14. The number of hydrogen-bond donors (Lipinski definition) is 2. The van der Waals surface area contributed by atoms with Crippen LogP contribution in [0.5, 0.6) is 5.75 Å². The van der Waals surface area contributed by atoms with Crippen molar-refractivity contribution in [3.63, 3.8) is 0 Å². The van der Waals surface area contributed by atoms with E-state index in [4.69, 9.17) is 5.11 Å². The average Bonchev–Trinajstić information content (AvgIpc) is 3.02. The molecule has 1 aliphatic heterocycles. The standard InChI is InChI=1S/C15H16F2N2O5/c16-15(17)24-11-6-2-1-4-9(11)13(21)18-8-12(20)19-7-3-5-10(19)14(22)23/h1-2,4,6,10,15H,3,5,7-8H2,(H,18,21)(H,22,23)/t10-/m0/s1. The molecule has 2 amide bonds. The van der Waals surface area contributed by atoms with Crippen LogP contribution < -0.4 is 10.1 Å². The van der Waals surface area contributed by atoms with Gasteiger partial charge < -0.3 is 20.1 Å². The first-order valence-electron chi connectivity index (χ1n) is 7.24. The van der Waals surface area contributed by atoms with E-state index in [9.17, 15) is 23.2 Å². The normalized spacial score (nSPS) is 17.0. The summed E-state index contributed by atoms with van der Waals surface area (Å²) in [5.74, 6) is -2.70. The fourth-order valence-electron chi connectivity index (χ4n) is 2.53. The summed E-state index contributed by atoms with van der Waals surface area (Å²) < 4.78 is 28.9. The third kappa shape index (κ3) is 4.18. The Labute approximate surface area is 136 Å². The molecule has 24 heavy (non-hydrogen) atoms. The van der Waals surface area contributed by atoms with Gasteiger partial charge in [0.15, 0.2) is 0 Å². The van der Waals surface area contributed by atoms with Crippen LogP contribution >= 0.6 is 0 Å². The van der Waals surface area contributed by atoms with Crippen LogP contribution in [0.25, 0.3) is 0 Å². The first-order valence-corrected chi connectivity index (χ1v) is 7.24. The monoisotopic (exact) mass is 342 g/mol. The molecule has 1 saturated heterocycles. The Morgan fingerprint density at radius 1 is 1.33 bits per heavy atom. The number of nitrogens with one attached hydrogen (secondary N) is 1. The number of carbonyl (C=O) groups excluding carboxylic acids is 2. The first kappa shape index (κ1) is 17.6. The summed E-state index contributed by atoms with van der Waals surface area (Å²) in [5, 5.41) is 11.3. The predicted octanol–water partition coefficient (Wildman–Crippen LogP) is 1.09. The van der Waals surface area contributed by atoms with E-state index >= 15 is 0 Å². The quantitative estimate of drug-likeness (QED) is 0.807. The van der Waals surface area contributed by atoms with Crippen LogP contribution in [0.2, 0.25) is 0 Å². The van der Waals surface area contributed by atoms with Gasteiger partial charge in [-0.1, -0.05) is 12.1 Å². The topological polar surface area (TPSA) is 95.9 Å². The summed E-state index contributed by atoms with van der Waals surface area (Å²) in [6, 6.07) is 4.50. The SMILES string of the molecule is O=C(NCC(=O)N1CCC[C@H]1C(=O)O)c1ccccc1OC(F)F. The van der Waals surface area contributed by atoms with Crippen LogP contribution in [0.1, 0.15) is 23.2 Å². The molecule has 7 nitrogen and oxygen atoms in total. The van der Waals surface area contributed by atoms with E-state index < -0.39 is 37.0 Å². The molecule has 0 aliphatic carbocycles. The number of likely N-dealkylation sites (tertiary alicyclic amines) is 1. The van der Waals surface area contributed by atoms with Gasteiger partial charge in [0.2, 0.25) is 5.91 Å². The first-order chi connectivity index (χ1) is 11.4. The molecule has 0 unspecified atom stereocenters. The van der Waals surface area contributed by atoms with E-state index in [1.54, 1.807) is 0 Å². The number of carbonyl (C=O) groups is 3. The third-order valence-corrected chi connectivity index (χ3v) is 3.61. The zero-order valence-electron chi connectivity index (χ0n) is 12.6. The molecule has 2 rings (SSSR count). The van der Waals surface area contributed by atoms with Crippen LogP contribution in [0.3, 0.4) is 0 Å². The Kier molecular flexibility index (Phi) is 5.67. The number of aliphatic carboxylic acids is 1. The highest BCUT2D eigenvalue weighted by Gasteiger charge is 2.33. The van der Waals surface area contributed by atoms with Gasteiger partial charge in [0.25, 0.3) is 5.91 Å². The number of alkyl halides is 2. The Balaban J connectivity index is 1.98. The minimum atomic E-state index is -3.08. The molecule has 1 heterocycles. The van der Waals surface area contributed by atoms with Crippen molar-refractivity contribution in [2.24, 2.45) is 0 Å². The van der Waals surface area contributed by atoms with E-state index in [1.165, 1.54) is 29.2 Å². The van der Waals surface area contributed by atoms with Crippen molar-refractivity contribution < 1.29 is 33.0 Å². The van der Waals surface area contributed by atoms with E-state index in [0.717, 1.165) is 0 Å². The Bertz CT molecular complexity index is 638. The van der Waals surface area contributed by atoms with Gasteiger partial charge in [-0.05, 0) is 25.0 Å². The summed E-state index contributed by atoms with van der Waals surface area (Å²) in [7, 11) is 0. The van der Waals surface area contributed by atoms with Crippen molar-refractivity contribution >= 4 is 17.8 Å². The molecule has 0 bridgehead atoms. The minimum absolute atomic E-state index is 0.137. The van der Waals surface area contributed by atoms with Crippen molar-refractivity contribution in [3.05, 3.63) is 29.8 Å². The maximum absolute atomic E-state index is 12.3. The van der Waals surface area contributed by atoms with Gasteiger partial charge >= 0.3 is 12.6 Å². The highest BCUT2D eigenvalue weighted by atomic mass is 19.3. The summed E-state index contributed by atoms with van der Waals surface area (Å²) in [6.45, 7) is -3.20. The molecule has 0 radical (unpaired) electrons. The van der Waals surface area contributed by atoms with Gasteiger partial charge in [-0.15, -0.1) is 0 Å². The summed E-state index contributed by atoms with van der Waals surface area (Å²) in [5.41, 5.74) is -0.137. The minimum Gasteiger partial charge on any atom is -0.480 e. The fourth-order valence-corrected chi connectivity index (χ4v) is 2.53. The molecule has 9 heteroatoms. The number of halogens is 2. The van der Waals surface area contributed by atoms with Crippen LogP contribution in [0.4, 0.5) is 8.78 Å². The summed E-state index contributed by atoms with van der Waals surface area (Å²) >= 11 is 0. The molecule has 2 N–H and O–H groups in total. The third-order valence-electron chi connectivity index (χ3n) is 3.61.